The molecule has 1 aliphatic heterocycles. The Kier molecular flexibility index (Phi) is 6.63. The van der Waals surface area contributed by atoms with E-state index in [4.69, 9.17) is 26.2 Å². The van der Waals surface area contributed by atoms with Gasteiger partial charge in [0.05, 0.1) is 11.1 Å². The molecule has 192 valence electrons. The van der Waals surface area contributed by atoms with Gasteiger partial charge in [-0.1, -0.05) is 56.6 Å². The predicted molar refractivity (Wildman–Crippen MR) is 150 cm³/mol. The summed E-state index contributed by atoms with van der Waals surface area (Å²) in [5.74, 6) is 3.25. The maximum Gasteiger partial charge on any atom is 0.192 e. The van der Waals surface area contributed by atoms with Crippen molar-refractivity contribution in [1.82, 2.24) is 25.0 Å². The van der Waals surface area contributed by atoms with Gasteiger partial charge in [0.2, 0.25) is 0 Å². The second-order valence-corrected chi connectivity index (χ2v) is 18.9. The first-order chi connectivity index (χ1) is 16.9. The zero-order valence-electron chi connectivity index (χ0n) is 22.1. The Morgan fingerprint density at radius 1 is 1.03 bits per heavy atom. The molecule has 5 rings (SSSR count). The number of fused-ring (bicyclic) bond motifs is 1. The Morgan fingerprint density at radius 2 is 1.75 bits per heavy atom. The van der Waals surface area contributed by atoms with Gasteiger partial charge >= 0.3 is 0 Å². The van der Waals surface area contributed by atoms with Crippen molar-refractivity contribution in [3.8, 4) is 11.3 Å². The molecule has 0 spiro atoms. The first kappa shape index (κ1) is 25.9. The van der Waals surface area contributed by atoms with E-state index in [1.165, 1.54) is 5.56 Å². The van der Waals surface area contributed by atoms with Crippen molar-refractivity contribution in [3.05, 3.63) is 58.8 Å². The summed E-state index contributed by atoms with van der Waals surface area (Å²) < 4.78 is 9.07. The number of aromatic nitrogens is 5. The molecule has 1 saturated carbocycles. The molecule has 9 heteroatoms. The molecule has 0 radical (unpaired) electrons. The quantitative estimate of drug-likeness (QED) is 0.330. The summed E-state index contributed by atoms with van der Waals surface area (Å²) >= 11 is 7.92. The summed E-state index contributed by atoms with van der Waals surface area (Å²) in [5, 5.41) is 18.3. The number of hydrogen-bond donors (Lipinski definition) is 0. The second-order valence-electron chi connectivity index (χ2n) is 12.0. The molecule has 3 heterocycles. The Hall–Kier alpha value is -1.74. The molecule has 3 aromatic rings. The van der Waals surface area contributed by atoms with Crippen molar-refractivity contribution in [3.63, 3.8) is 0 Å². The highest BCUT2D eigenvalue weighted by Gasteiger charge is 2.51. The number of benzene rings is 1. The van der Waals surface area contributed by atoms with Crippen LogP contribution in [0.15, 0.2) is 36.4 Å². The van der Waals surface area contributed by atoms with Crippen LogP contribution in [0.4, 0.5) is 0 Å². The first-order valence-electron chi connectivity index (χ1n) is 12.7. The van der Waals surface area contributed by atoms with E-state index < -0.39 is 8.32 Å². The molecule has 0 saturated heterocycles. The Labute approximate surface area is 224 Å². The van der Waals surface area contributed by atoms with Crippen LogP contribution < -0.4 is 0 Å². The third-order valence-electron chi connectivity index (χ3n) is 8.21. The van der Waals surface area contributed by atoms with Crippen LogP contribution in [0.3, 0.4) is 0 Å². The molecule has 0 N–H and O–H groups in total. The normalized spacial score (nSPS) is 21.6. The Morgan fingerprint density at radius 3 is 2.36 bits per heavy atom. The molecule has 6 nitrogen and oxygen atoms in total. The van der Waals surface area contributed by atoms with Gasteiger partial charge in [-0.15, -0.1) is 20.4 Å². The van der Waals surface area contributed by atoms with E-state index in [0.29, 0.717) is 5.15 Å². The van der Waals surface area contributed by atoms with E-state index in [1.807, 2.05) is 17.8 Å². The van der Waals surface area contributed by atoms with Crippen molar-refractivity contribution in [2.75, 3.05) is 12.4 Å². The summed E-state index contributed by atoms with van der Waals surface area (Å²) in [6.45, 7) is 15.6. The molecule has 0 amide bonds. The van der Waals surface area contributed by atoms with Crippen LogP contribution in [0.5, 0.6) is 0 Å². The van der Waals surface area contributed by atoms with Gasteiger partial charge in [0, 0.05) is 35.6 Å². The Balaban J connectivity index is 1.36. The molecule has 36 heavy (non-hydrogen) atoms. The maximum absolute atomic E-state index is 6.66. The molecule has 0 bridgehead atoms. The lowest BCUT2D eigenvalue weighted by atomic mass is 9.93. The van der Waals surface area contributed by atoms with E-state index in [9.17, 15) is 0 Å². The van der Waals surface area contributed by atoms with Crippen LogP contribution in [0.25, 0.3) is 11.3 Å². The van der Waals surface area contributed by atoms with Crippen LogP contribution in [0, 0.1) is 0 Å². The summed E-state index contributed by atoms with van der Waals surface area (Å²) in [5.41, 5.74) is 3.11. The van der Waals surface area contributed by atoms with Gasteiger partial charge in [-0.05, 0) is 55.6 Å². The van der Waals surface area contributed by atoms with E-state index >= 15 is 0 Å². The minimum atomic E-state index is -1.81. The second kappa shape index (κ2) is 9.22. The molecule has 1 aromatic carbocycles. The van der Waals surface area contributed by atoms with Gasteiger partial charge in [0.15, 0.2) is 13.5 Å². The zero-order valence-corrected chi connectivity index (χ0v) is 24.7. The zero-order chi connectivity index (χ0) is 25.8. The van der Waals surface area contributed by atoms with Crippen LogP contribution >= 0.6 is 23.4 Å². The fraction of sp³-hybridized carbons (Fsp3) is 0.556. The molecular formula is C27H36ClN5OSSi. The van der Waals surface area contributed by atoms with Crippen molar-refractivity contribution < 1.29 is 4.43 Å². The topological polar surface area (TPSA) is 65.7 Å². The number of hydrogen-bond acceptors (Lipinski definition) is 6. The van der Waals surface area contributed by atoms with E-state index in [0.717, 1.165) is 61.1 Å². The molecule has 2 aromatic heterocycles. The highest BCUT2D eigenvalue weighted by molar-refractivity contribution is 8.00. The lowest BCUT2D eigenvalue weighted by Gasteiger charge is -2.39. The molecule has 1 unspecified atom stereocenters. The number of thioether (sulfide) groups is 1. The van der Waals surface area contributed by atoms with Gasteiger partial charge in [0.25, 0.3) is 0 Å². The van der Waals surface area contributed by atoms with Crippen molar-refractivity contribution >= 4 is 31.7 Å². The van der Waals surface area contributed by atoms with Gasteiger partial charge in [-0.25, -0.2) is 0 Å². The lowest BCUT2D eigenvalue weighted by Crippen LogP contribution is -2.45. The standard InChI is InChI=1S/C27H36ClN5OSSi/c1-25(2,3)36(5,6)34-18-26(4)17-23-31-32-24(33(23)15-16-35-26)27(13-14-27)20-9-7-19(8-10-20)21-11-12-22(28)30-29-21/h7-12H,13-18H2,1-6H3. The average Bonchev–Trinajstić information content (AvgIpc) is 3.57. The predicted octanol–water partition coefficient (Wildman–Crippen LogP) is 6.54. The summed E-state index contributed by atoms with van der Waals surface area (Å²) in [4.78, 5) is 0. The van der Waals surface area contributed by atoms with Crippen LogP contribution in [0.1, 0.15) is 57.7 Å². The van der Waals surface area contributed by atoms with Crippen molar-refractivity contribution in [2.24, 2.45) is 0 Å². The molecule has 2 aliphatic rings. The van der Waals surface area contributed by atoms with E-state index in [-0.39, 0.29) is 15.2 Å². The highest BCUT2D eigenvalue weighted by atomic mass is 35.5. The summed E-state index contributed by atoms with van der Waals surface area (Å²) in [6.07, 6.45) is 3.08. The van der Waals surface area contributed by atoms with Gasteiger partial charge in [0.1, 0.15) is 11.6 Å². The largest absolute Gasteiger partial charge is 0.415 e. The van der Waals surface area contributed by atoms with Crippen LogP contribution in [0.2, 0.25) is 23.3 Å². The van der Waals surface area contributed by atoms with Crippen molar-refractivity contribution in [2.45, 2.75) is 81.8 Å². The number of rotatable bonds is 6. The summed E-state index contributed by atoms with van der Waals surface area (Å²) in [7, 11) is -1.81. The van der Waals surface area contributed by atoms with Gasteiger partial charge in [-0.2, -0.15) is 11.8 Å². The lowest BCUT2D eigenvalue weighted by molar-refractivity contribution is 0.252. The van der Waals surface area contributed by atoms with E-state index in [1.54, 1.807) is 6.07 Å². The number of nitrogens with zero attached hydrogens (tertiary/aromatic N) is 5. The van der Waals surface area contributed by atoms with Gasteiger partial charge < -0.3 is 8.99 Å². The van der Waals surface area contributed by atoms with Gasteiger partial charge in [-0.3, -0.25) is 0 Å². The van der Waals surface area contributed by atoms with Crippen LogP contribution in [-0.2, 0) is 22.8 Å². The van der Waals surface area contributed by atoms with Crippen LogP contribution in [-0.4, -0.2) is 50.4 Å². The average molecular weight is 542 g/mol. The molecular weight excluding hydrogens is 506 g/mol. The maximum atomic E-state index is 6.66. The third kappa shape index (κ3) is 4.89. The third-order valence-corrected chi connectivity index (χ3v) is 14.2. The SMILES string of the molecule is CC1(CO[Si](C)(C)C(C)(C)C)Cc2nnc(C3(c4ccc(-c5ccc(Cl)nn5)cc4)CC3)n2CCS1. The van der Waals surface area contributed by atoms with Crippen molar-refractivity contribution in [1.29, 1.82) is 0 Å². The molecule has 1 fully saturated rings. The van der Waals surface area contributed by atoms with E-state index in [2.05, 4.69) is 79.8 Å². The minimum absolute atomic E-state index is 0.00600. The smallest absolute Gasteiger partial charge is 0.192 e. The molecule has 1 aliphatic carbocycles. The summed E-state index contributed by atoms with van der Waals surface area (Å²) in [6, 6.07) is 12.3. The Bertz CT molecular complexity index is 1230. The number of halogens is 1. The minimum Gasteiger partial charge on any atom is -0.415 e. The molecule has 1 atom stereocenters. The fourth-order valence-electron chi connectivity index (χ4n) is 4.66. The monoisotopic (exact) mass is 541 g/mol. The fourth-order valence-corrected chi connectivity index (χ4v) is 7.12. The highest BCUT2D eigenvalue weighted by Crippen LogP contribution is 2.53. The first-order valence-corrected chi connectivity index (χ1v) is 17.0.